The molecule has 0 saturated carbocycles. The Morgan fingerprint density at radius 2 is 1.41 bits per heavy atom. The summed E-state index contributed by atoms with van der Waals surface area (Å²) in [5.74, 6) is 0.957. The second kappa shape index (κ2) is 8.26. The van der Waals surface area contributed by atoms with Crippen molar-refractivity contribution in [1.29, 1.82) is 0 Å². The minimum Gasteiger partial charge on any atom is -0.489 e. The van der Waals surface area contributed by atoms with E-state index in [0.29, 0.717) is 6.61 Å². The SMILES string of the molecule is C1=C(c2cc(-c3ccccc3)c(OCC3CO3)c(-c3ccccc3)c2)CCCC1. The molecule has 0 amide bonds. The zero-order chi connectivity index (χ0) is 19.5. The molecule has 3 aromatic carbocycles. The van der Waals surface area contributed by atoms with Crippen LogP contribution in [0.4, 0.5) is 0 Å². The summed E-state index contributed by atoms with van der Waals surface area (Å²) in [7, 11) is 0. The third-order valence-corrected chi connectivity index (χ3v) is 5.74. The van der Waals surface area contributed by atoms with Crippen LogP contribution in [0.1, 0.15) is 31.2 Å². The molecule has 1 unspecified atom stereocenters. The van der Waals surface area contributed by atoms with E-state index in [-0.39, 0.29) is 6.10 Å². The largest absolute Gasteiger partial charge is 0.489 e. The fourth-order valence-electron chi connectivity index (χ4n) is 4.07. The van der Waals surface area contributed by atoms with Crippen LogP contribution in [-0.2, 0) is 4.74 Å². The van der Waals surface area contributed by atoms with Crippen LogP contribution in [0.5, 0.6) is 5.75 Å². The van der Waals surface area contributed by atoms with Gasteiger partial charge in [-0.15, -0.1) is 0 Å². The van der Waals surface area contributed by atoms with Gasteiger partial charge in [0.1, 0.15) is 18.5 Å². The first kappa shape index (κ1) is 18.2. The second-order valence-electron chi connectivity index (χ2n) is 7.87. The standard InChI is InChI=1S/C27H26O2/c1-4-10-20(11-5-1)23-16-25(21-12-6-2-7-13-21)27(29-19-24-18-28-24)26(17-23)22-14-8-3-9-15-22/h2-3,6-10,12-17,24H,1,4-5,11,18-19H2. The Morgan fingerprint density at radius 3 is 1.93 bits per heavy atom. The smallest absolute Gasteiger partial charge is 0.135 e. The van der Waals surface area contributed by atoms with E-state index in [1.165, 1.54) is 41.5 Å². The van der Waals surface area contributed by atoms with Crippen LogP contribution in [0, 0.1) is 0 Å². The maximum Gasteiger partial charge on any atom is 0.135 e. The van der Waals surface area contributed by atoms with Crippen molar-refractivity contribution < 1.29 is 9.47 Å². The fraction of sp³-hybridized carbons (Fsp3) is 0.259. The molecule has 0 aromatic heterocycles. The van der Waals surface area contributed by atoms with E-state index >= 15 is 0 Å². The molecular weight excluding hydrogens is 356 g/mol. The van der Waals surface area contributed by atoms with E-state index in [0.717, 1.165) is 29.9 Å². The predicted octanol–water partition coefficient (Wildman–Crippen LogP) is 6.76. The molecule has 1 heterocycles. The lowest BCUT2D eigenvalue weighted by Crippen LogP contribution is -2.07. The van der Waals surface area contributed by atoms with Crippen molar-refractivity contribution in [3.05, 3.63) is 84.4 Å². The molecule has 1 fully saturated rings. The molecule has 0 N–H and O–H groups in total. The van der Waals surface area contributed by atoms with Gasteiger partial charge in [-0.3, -0.25) is 0 Å². The molecule has 1 atom stereocenters. The van der Waals surface area contributed by atoms with Crippen LogP contribution in [0.15, 0.2) is 78.9 Å². The summed E-state index contributed by atoms with van der Waals surface area (Å²) in [6, 6.07) is 25.8. The molecule has 146 valence electrons. The number of benzene rings is 3. The fourth-order valence-corrected chi connectivity index (χ4v) is 4.07. The van der Waals surface area contributed by atoms with Crippen LogP contribution in [0.25, 0.3) is 27.8 Å². The Bertz CT molecular complexity index is 941. The molecule has 1 saturated heterocycles. The van der Waals surface area contributed by atoms with Crippen LogP contribution in [-0.4, -0.2) is 19.3 Å². The number of allylic oxidation sites excluding steroid dienone is 2. The Hall–Kier alpha value is -2.84. The quantitative estimate of drug-likeness (QED) is 0.440. The second-order valence-corrected chi connectivity index (χ2v) is 7.87. The Kier molecular flexibility index (Phi) is 5.19. The van der Waals surface area contributed by atoms with Gasteiger partial charge in [-0.25, -0.2) is 0 Å². The van der Waals surface area contributed by atoms with Gasteiger partial charge in [0.2, 0.25) is 0 Å². The first-order chi connectivity index (χ1) is 14.4. The van der Waals surface area contributed by atoms with Gasteiger partial charge in [0.15, 0.2) is 0 Å². The van der Waals surface area contributed by atoms with E-state index in [2.05, 4.69) is 78.9 Å². The van der Waals surface area contributed by atoms with Crippen LogP contribution in [0.2, 0.25) is 0 Å². The molecule has 0 radical (unpaired) electrons. The summed E-state index contributed by atoms with van der Waals surface area (Å²) in [5, 5.41) is 0. The summed E-state index contributed by atoms with van der Waals surface area (Å²) in [4.78, 5) is 0. The first-order valence-electron chi connectivity index (χ1n) is 10.6. The van der Waals surface area contributed by atoms with Crippen molar-refractivity contribution in [2.45, 2.75) is 31.8 Å². The zero-order valence-corrected chi connectivity index (χ0v) is 16.6. The Labute approximate surface area is 172 Å². The van der Waals surface area contributed by atoms with Crippen molar-refractivity contribution >= 4 is 5.57 Å². The lowest BCUT2D eigenvalue weighted by Gasteiger charge is -2.21. The topological polar surface area (TPSA) is 21.8 Å². The minimum absolute atomic E-state index is 0.225. The summed E-state index contributed by atoms with van der Waals surface area (Å²) < 4.78 is 11.8. The minimum atomic E-state index is 0.225. The van der Waals surface area contributed by atoms with Crippen LogP contribution >= 0.6 is 0 Å². The molecule has 1 aliphatic carbocycles. The summed E-state index contributed by atoms with van der Waals surface area (Å²) >= 11 is 0. The number of hydrogen-bond acceptors (Lipinski definition) is 2. The molecule has 29 heavy (non-hydrogen) atoms. The molecule has 0 spiro atoms. The van der Waals surface area contributed by atoms with Gasteiger partial charge < -0.3 is 9.47 Å². The van der Waals surface area contributed by atoms with Gasteiger partial charge in [0, 0.05) is 11.1 Å². The molecule has 0 bridgehead atoms. The van der Waals surface area contributed by atoms with Crippen molar-refractivity contribution in [3.63, 3.8) is 0 Å². The number of ether oxygens (including phenoxy) is 2. The highest BCUT2D eigenvalue weighted by Gasteiger charge is 2.25. The lowest BCUT2D eigenvalue weighted by molar-refractivity contribution is 0.264. The normalized spacial score (nSPS) is 18.2. The van der Waals surface area contributed by atoms with Crippen molar-refractivity contribution in [2.75, 3.05) is 13.2 Å². The molecule has 2 nitrogen and oxygen atoms in total. The average Bonchev–Trinajstić information content (AvgIpc) is 3.63. The van der Waals surface area contributed by atoms with E-state index in [4.69, 9.17) is 9.47 Å². The van der Waals surface area contributed by atoms with E-state index < -0.39 is 0 Å². The van der Waals surface area contributed by atoms with Gasteiger partial charge in [0.25, 0.3) is 0 Å². The van der Waals surface area contributed by atoms with Gasteiger partial charge in [0.05, 0.1) is 6.61 Å². The number of epoxide rings is 1. The third-order valence-electron chi connectivity index (χ3n) is 5.74. The van der Waals surface area contributed by atoms with Crippen LogP contribution in [0.3, 0.4) is 0 Å². The van der Waals surface area contributed by atoms with Gasteiger partial charge >= 0.3 is 0 Å². The number of hydrogen-bond donors (Lipinski definition) is 0. The monoisotopic (exact) mass is 382 g/mol. The highest BCUT2D eigenvalue weighted by molar-refractivity contribution is 5.87. The summed E-state index contributed by atoms with van der Waals surface area (Å²) in [5.41, 5.74) is 7.48. The summed E-state index contributed by atoms with van der Waals surface area (Å²) in [6.07, 6.45) is 7.53. The third kappa shape index (κ3) is 4.13. The van der Waals surface area contributed by atoms with Gasteiger partial charge in [-0.2, -0.15) is 0 Å². The van der Waals surface area contributed by atoms with E-state index in [9.17, 15) is 0 Å². The predicted molar refractivity (Wildman–Crippen MR) is 119 cm³/mol. The summed E-state index contributed by atoms with van der Waals surface area (Å²) in [6.45, 7) is 1.40. The molecule has 1 aliphatic heterocycles. The maximum atomic E-state index is 6.40. The Balaban J connectivity index is 1.70. The van der Waals surface area contributed by atoms with Crippen LogP contribution < -0.4 is 4.74 Å². The highest BCUT2D eigenvalue weighted by atomic mass is 16.6. The molecular formula is C27H26O2. The van der Waals surface area contributed by atoms with Crippen molar-refractivity contribution in [2.24, 2.45) is 0 Å². The molecule has 2 aliphatic rings. The first-order valence-corrected chi connectivity index (χ1v) is 10.6. The zero-order valence-electron chi connectivity index (χ0n) is 16.6. The average molecular weight is 383 g/mol. The number of rotatable bonds is 6. The van der Waals surface area contributed by atoms with Gasteiger partial charge in [-0.1, -0.05) is 66.7 Å². The van der Waals surface area contributed by atoms with Crippen molar-refractivity contribution in [3.8, 4) is 28.0 Å². The maximum absolute atomic E-state index is 6.40. The van der Waals surface area contributed by atoms with Crippen molar-refractivity contribution in [1.82, 2.24) is 0 Å². The molecule has 2 heteroatoms. The highest BCUT2D eigenvalue weighted by Crippen LogP contribution is 2.43. The lowest BCUT2D eigenvalue weighted by atomic mass is 9.88. The van der Waals surface area contributed by atoms with Gasteiger partial charge in [-0.05, 0) is 60.1 Å². The van der Waals surface area contributed by atoms with E-state index in [1.807, 2.05) is 0 Å². The molecule has 5 rings (SSSR count). The van der Waals surface area contributed by atoms with E-state index in [1.54, 1.807) is 0 Å². The Morgan fingerprint density at radius 1 is 0.793 bits per heavy atom. The molecule has 3 aromatic rings.